The van der Waals surface area contributed by atoms with Crippen molar-refractivity contribution < 1.29 is 47.3 Å². The number of nitrogens with zero attached hydrogens (tertiary/aromatic N) is 1. The molecule has 8 heteroatoms. The maximum atomic E-state index is 13.2. The summed E-state index contributed by atoms with van der Waals surface area (Å²) in [5, 5.41) is -1.04. The first-order valence-corrected chi connectivity index (χ1v) is 4.61. The molecule has 0 heterocycles. The van der Waals surface area contributed by atoms with Crippen LogP contribution >= 0.6 is 0 Å². The number of amides is 1. The number of hydrogen-bond donors (Lipinski definition) is 0. The fourth-order valence-electron chi connectivity index (χ4n) is 0.898. The second-order valence-corrected chi connectivity index (χ2v) is 3.46. The molecule has 0 fully saturated rings. The van der Waals surface area contributed by atoms with Gasteiger partial charge in [-0.25, -0.2) is 0 Å². The normalized spacial score (nSPS) is 10.6. The number of halogens is 5. The van der Waals surface area contributed by atoms with E-state index in [0.717, 1.165) is 20.4 Å². The van der Waals surface area contributed by atoms with E-state index in [2.05, 4.69) is 0 Å². The molecule has 0 aromatic heterocycles. The molecule has 1 amide bonds. The molecule has 1 aromatic rings. The summed E-state index contributed by atoms with van der Waals surface area (Å²) in [6.07, 6.45) is -3.60. The Labute approximate surface area is 98.4 Å². The molecule has 0 atom stereocenters. The van der Waals surface area contributed by atoms with Crippen LogP contribution in [-0.2, 0) is 25.2 Å². The van der Waals surface area contributed by atoms with E-state index in [-0.39, 0.29) is 0 Å². The molecule has 0 radical (unpaired) electrons. The van der Waals surface area contributed by atoms with Gasteiger partial charge in [-0.15, -0.1) is 0 Å². The molecule has 0 aliphatic heterocycles. The Bertz CT molecular complexity index is 425. The van der Waals surface area contributed by atoms with E-state index >= 15 is 0 Å². The van der Waals surface area contributed by atoms with Crippen LogP contribution in [0.5, 0.6) is 0 Å². The van der Waals surface area contributed by atoms with Gasteiger partial charge in [0.25, 0.3) is 0 Å². The molecular weight excluding hydrogens is 269 g/mol. The SMILES string of the molecule is O=C(C(F)F)N(F)c1ccc(F)[c]([Ti])c1F. The molecule has 0 bridgehead atoms. The van der Waals surface area contributed by atoms with Gasteiger partial charge >= 0.3 is 98.1 Å². The van der Waals surface area contributed by atoms with E-state index in [1.807, 2.05) is 0 Å². The summed E-state index contributed by atoms with van der Waals surface area (Å²) in [7, 11) is 0. The van der Waals surface area contributed by atoms with Crippen molar-refractivity contribution in [1.29, 1.82) is 0 Å². The minimum atomic E-state index is -3.60. The predicted molar refractivity (Wildman–Crippen MR) is 40.6 cm³/mol. The third kappa shape index (κ3) is 2.41. The van der Waals surface area contributed by atoms with Crippen LogP contribution in [0.1, 0.15) is 0 Å². The van der Waals surface area contributed by atoms with Gasteiger partial charge in [0.1, 0.15) is 0 Å². The van der Waals surface area contributed by atoms with Crippen molar-refractivity contribution in [3.05, 3.63) is 23.8 Å². The van der Waals surface area contributed by atoms with Gasteiger partial charge in [0, 0.05) is 0 Å². The number of benzene rings is 1. The summed E-state index contributed by atoms with van der Waals surface area (Å²) in [6.45, 7) is 0. The Morgan fingerprint density at radius 1 is 1.31 bits per heavy atom. The molecular formula is C8H3F5NOTi. The summed E-state index contributed by atoms with van der Waals surface area (Å²) in [4.78, 5) is 10.5. The zero-order valence-electron chi connectivity index (χ0n) is 7.48. The van der Waals surface area contributed by atoms with E-state index in [9.17, 15) is 26.8 Å². The van der Waals surface area contributed by atoms with Gasteiger partial charge in [-0.2, -0.15) is 0 Å². The van der Waals surface area contributed by atoms with E-state index in [4.69, 9.17) is 0 Å². The van der Waals surface area contributed by atoms with E-state index < -0.39 is 38.6 Å². The van der Waals surface area contributed by atoms with Gasteiger partial charge in [0.05, 0.1) is 0 Å². The maximum absolute atomic E-state index is 13.2. The van der Waals surface area contributed by atoms with Crippen molar-refractivity contribution in [3.8, 4) is 0 Å². The number of anilines is 1. The standard InChI is InChI=1S/C8H3F5NO.Ti/c9-4-1-2-6(5(10)3-4)14(13)8(15)7(11)12;/h1-2,7H;. The Hall–Kier alpha value is -0.946. The van der Waals surface area contributed by atoms with Gasteiger partial charge in [0.2, 0.25) is 0 Å². The number of carbonyl (C=O) groups excluding carboxylic acids is 1. The number of hydrogen-bond acceptors (Lipinski definition) is 1. The second-order valence-electron chi connectivity index (χ2n) is 2.68. The zero-order valence-corrected chi connectivity index (χ0v) is 9.04. The van der Waals surface area contributed by atoms with E-state index in [0.29, 0.717) is 12.1 Å². The quantitative estimate of drug-likeness (QED) is 0.455. The molecule has 16 heavy (non-hydrogen) atoms. The molecule has 0 aliphatic rings. The summed E-state index contributed by atoms with van der Waals surface area (Å²) in [6, 6.07) is 1.25. The monoisotopic (exact) mass is 272 g/mol. The molecule has 0 spiro atoms. The minimum absolute atomic E-state index is 0.554. The van der Waals surface area contributed by atoms with Crippen molar-refractivity contribution in [2.75, 3.05) is 5.12 Å². The Balaban J connectivity index is 3.15. The molecule has 0 N–H and O–H groups in total. The van der Waals surface area contributed by atoms with Crippen LogP contribution in [0.2, 0.25) is 0 Å². The van der Waals surface area contributed by atoms with Crippen molar-refractivity contribution >= 4 is 15.5 Å². The van der Waals surface area contributed by atoms with Crippen LogP contribution in [0, 0.1) is 11.6 Å². The van der Waals surface area contributed by atoms with Crippen molar-refractivity contribution in [2.24, 2.45) is 0 Å². The van der Waals surface area contributed by atoms with Gasteiger partial charge in [-0.1, -0.05) is 0 Å². The van der Waals surface area contributed by atoms with E-state index in [1.165, 1.54) is 0 Å². The first-order valence-electron chi connectivity index (χ1n) is 3.83. The second kappa shape index (κ2) is 4.92. The Kier molecular flexibility index (Phi) is 4.04. The average molecular weight is 272 g/mol. The third-order valence-electron chi connectivity index (χ3n) is 1.66. The Morgan fingerprint density at radius 3 is 2.38 bits per heavy atom. The fourth-order valence-corrected chi connectivity index (χ4v) is 1.23. The first kappa shape index (κ1) is 13.1. The average Bonchev–Trinajstić information content (AvgIpc) is 2.24. The topological polar surface area (TPSA) is 20.3 Å². The molecule has 2 nitrogen and oxygen atoms in total. The summed E-state index contributed by atoms with van der Waals surface area (Å²) >= 11 is 0.995. The van der Waals surface area contributed by atoms with Crippen LogP contribution < -0.4 is 8.99 Å². The van der Waals surface area contributed by atoms with Crippen molar-refractivity contribution in [2.45, 2.75) is 6.43 Å². The molecule has 1 aromatic carbocycles. The summed E-state index contributed by atoms with van der Waals surface area (Å²) in [5.41, 5.74) is -1.04. The van der Waals surface area contributed by atoms with Gasteiger partial charge in [0.15, 0.2) is 0 Å². The van der Waals surface area contributed by atoms with Gasteiger partial charge < -0.3 is 0 Å². The summed E-state index contributed by atoms with van der Waals surface area (Å²) < 4.78 is 62.1. The Morgan fingerprint density at radius 2 is 1.88 bits per heavy atom. The van der Waals surface area contributed by atoms with Gasteiger partial charge in [-0.05, 0) is 0 Å². The van der Waals surface area contributed by atoms with Crippen LogP contribution in [0.4, 0.5) is 27.7 Å². The van der Waals surface area contributed by atoms with Crippen molar-refractivity contribution in [1.82, 2.24) is 0 Å². The summed E-state index contributed by atoms with van der Waals surface area (Å²) in [5.74, 6) is -4.56. The molecule has 1 rings (SSSR count). The van der Waals surface area contributed by atoms with Crippen LogP contribution in [-0.4, -0.2) is 12.3 Å². The van der Waals surface area contributed by atoms with Crippen LogP contribution in [0.15, 0.2) is 12.1 Å². The first-order chi connectivity index (χ1) is 7.36. The predicted octanol–water partition coefficient (Wildman–Crippen LogP) is 1.62. The molecule has 0 saturated heterocycles. The number of carbonyl (C=O) groups is 1. The van der Waals surface area contributed by atoms with Crippen molar-refractivity contribution in [3.63, 3.8) is 0 Å². The van der Waals surface area contributed by atoms with Crippen LogP contribution in [0.3, 0.4) is 0 Å². The molecule has 0 unspecified atom stereocenters. The molecule has 85 valence electrons. The van der Waals surface area contributed by atoms with Gasteiger partial charge in [-0.3, -0.25) is 0 Å². The van der Waals surface area contributed by atoms with E-state index in [1.54, 1.807) is 0 Å². The van der Waals surface area contributed by atoms with Crippen LogP contribution in [0.25, 0.3) is 0 Å². The fraction of sp³-hybridized carbons (Fsp3) is 0.125. The number of rotatable bonds is 2. The number of alkyl halides is 2. The molecule has 0 aliphatic carbocycles. The molecule has 0 saturated carbocycles. The zero-order chi connectivity index (χ0) is 12.5. The third-order valence-corrected chi connectivity index (χ3v) is 2.38.